The first kappa shape index (κ1) is 16.8. The highest BCUT2D eigenvalue weighted by atomic mass is 16.3. The molecule has 0 fully saturated rings. The number of rotatable bonds is 10. The molecule has 0 aromatic rings. The summed E-state index contributed by atoms with van der Waals surface area (Å²) >= 11 is 0. The maximum Gasteiger partial charge on any atom is 0.0836 e. The highest BCUT2D eigenvalue weighted by Crippen LogP contribution is 2.06. The second-order valence-electron chi connectivity index (χ2n) is 6.27. The zero-order valence-corrected chi connectivity index (χ0v) is 12.2. The predicted molar refractivity (Wildman–Crippen MR) is 71.7 cm³/mol. The number of aliphatic hydroxyl groups is 2. The zero-order chi connectivity index (χ0) is 13.4. The molecule has 4 nitrogen and oxygen atoms in total. The highest BCUT2D eigenvalue weighted by Gasteiger charge is 2.18. The lowest BCUT2D eigenvalue weighted by Gasteiger charge is -2.33. The molecule has 0 saturated heterocycles. The van der Waals surface area contributed by atoms with E-state index >= 15 is 0 Å². The van der Waals surface area contributed by atoms with Crippen LogP contribution in [0.15, 0.2) is 0 Å². The van der Waals surface area contributed by atoms with Crippen LogP contribution < -0.4 is 0 Å². The smallest absolute Gasteiger partial charge is 0.0836 e. The molecule has 0 amide bonds. The van der Waals surface area contributed by atoms with Gasteiger partial charge in [0.15, 0.2) is 0 Å². The van der Waals surface area contributed by atoms with Crippen LogP contribution in [0.25, 0.3) is 0 Å². The predicted octanol–water partition coefficient (Wildman–Crippen LogP) is 0.294. The fourth-order valence-electron chi connectivity index (χ4n) is 2.15. The van der Waals surface area contributed by atoms with Crippen molar-refractivity contribution in [2.45, 2.75) is 19.3 Å². The van der Waals surface area contributed by atoms with Gasteiger partial charge in [0, 0.05) is 32.5 Å². The molecule has 0 bridgehead atoms. The molecule has 0 heterocycles. The van der Waals surface area contributed by atoms with Crippen LogP contribution in [0.1, 0.15) is 19.3 Å². The summed E-state index contributed by atoms with van der Waals surface area (Å²) in [5, 5.41) is 17.7. The minimum atomic E-state index is 0.291. The first-order valence-corrected chi connectivity index (χ1v) is 6.69. The Morgan fingerprint density at radius 1 is 0.588 bits per heavy atom. The van der Waals surface area contributed by atoms with E-state index in [2.05, 4.69) is 28.2 Å². The van der Waals surface area contributed by atoms with Crippen molar-refractivity contribution in [3.8, 4) is 0 Å². The Morgan fingerprint density at radius 3 is 1.18 bits per heavy atom. The first-order valence-electron chi connectivity index (χ1n) is 6.69. The lowest BCUT2D eigenvalue weighted by Crippen LogP contribution is -2.46. The minimum absolute atomic E-state index is 0.291. The molecule has 104 valence electrons. The monoisotopic (exact) mass is 248 g/mol. The van der Waals surface area contributed by atoms with Crippen molar-refractivity contribution in [2.75, 3.05) is 67.6 Å². The van der Waals surface area contributed by atoms with Gasteiger partial charge in [0.05, 0.1) is 54.4 Å². The SMILES string of the molecule is C[N+](C)(CCCO)CCC[N+](C)(C)CCCO. The maximum absolute atomic E-state index is 8.84. The Balaban J connectivity index is 3.80. The van der Waals surface area contributed by atoms with E-state index in [1.807, 2.05) is 0 Å². The molecule has 0 spiro atoms. The van der Waals surface area contributed by atoms with Crippen molar-refractivity contribution < 1.29 is 19.2 Å². The summed E-state index contributed by atoms with van der Waals surface area (Å²) in [6.07, 6.45) is 2.96. The van der Waals surface area contributed by atoms with E-state index in [0.717, 1.165) is 48.0 Å². The summed E-state index contributed by atoms with van der Waals surface area (Å²) in [6.45, 7) is 4.97. The fourth-order valence-corrected chi connectivity index (χ4v) is 2.15. The summed E-state index contributed by atoms with van der Waals surface area (Å²) in [4.78, 5) is 0. The van der Waals surface area contributed by atoms with Gasteiger partial charge in [-0.05, 0) is 0 Å². The van der Waals surface area contributed by atoms with Crippen LogP contribution in [-0.4, -0.2) is 86.8 Å². The van der Waals surface area contributed by atoms with E-state index < -0.39 is 0 Å². The van der Waals surface area contributed by atoms with E-state index in [9.17, 15) is 0 Å². The summed E-state index contributed by atoms with van der Waals surface area (Å²) in [7, 11) is 8.90. The average Bonchev–Trinajstić information content (AvgIpc) is 2.23. The third-order valence-corrected chi connectivity index (χ3v) is 3.37. The topological polar surface area (TPSA) is 40.5 Å². The van der Waals surface area contributed by atoms with Crippen molar-refractivity contribution in [1.29, 1.82) is 0 Å². The Labute approximate surface area is 107 Å². The van der Waals surface area contributed by atoms with Gasteiger partial charge in [0.25, 0.3) is 0 Å². The Morgan fingerprint density at radius 2 is 0.882 bits per heavy atom. The lowest BCUT2D eigenvalue weighted by molar-refractivity contribution is -0.909. The molecule has 0 aliphatic heterocycles. The minimum Gasteiger partial charge on any atom is -0.396 e. The standard InChI is InChI=1S/C13H32N2O2/c1-14(2,10-6-12-16)8-5-9-15(3,4)11-7-13-17/h16-17H,5-13H2,1-4H3/q+2. The molecule has 0 radical (unpaired) electrons. The van der Waals surface area contributed by atoms with E-state index in [4.69, 9.17) is 10.2 Å². The largest absolute Gasteiger partial charge is 0.396 e. The van der Waals surface area contributed by atoms with Gasteiger partial charge in [0.2, 0.25) is 0 Å². The van der Waals surface area contributed by atoms with Crippen molar-refractivity contribution in [1.82, 2.24) is 0 Å². The van der Waals surface area contributed by atoms with E-state index in [1.165, 1.54) is 6.42 Å². The summed E-state index contributed by atoms with van der Waals surface area (Å²) < 4.78 is 1.97. The van der Waals surface area contributed by atoms with Crippen LogP contribution >= 0.6 is 0 Å². The Bertz CT molecular complexity index is 174. The van der Waals surface area contributed by atoms with E-state index in [1.54, 1.807) is 0 Å². The highest BCUT2D eigenvalue weighted by molar-refractivity contribution is 4.41. The molecule has 0 unspecified atom stereocenters. The fraction of sp³-hybridized carbons (Fsp3) is 1.00. The normalized spacial score (nSPS) is 13.1. The van der Waals surface area contributed by atoms with Gasteiger partial charge in [-0.15, -0.1) is 0 Å². The molecule has 0 atom stereocenters. The van der Waals surface area contributed by atoms with Crippen molar-refractivity contribution in [3.63, 3.8) is 0 Å². The van der Waals surface area contributed by atoms with Gasteiger partial charge >= 0.3 is 0 Å². The summed E-state index contributed by atoms with van der Waals surface area (Å²) in [6, 6.07) is 0. The van der Waals surface area contributed by atoms with Crippen molar-refractivity contribution >= 4 is 0 Å². The van der Waals surface area contributed by atoms with Crippen LogP contribution in [0.3, 0.4) is 0 Å². The summed E-state index contributed by atoms with van der Waals surface area (Å²) in [5.74, 6) is 0. The quantitative estimate of drug-likeness (QED) is 0.546. The molecular formula is C13H32N2O2+2. The number of quaternary nitrogens is 2. The Kier molecular flexibility index (Phi) is 7.96. The molecule has 4 heteroatoms. The van der Waals surface area contributed by atoms with Gasteiger partial charge in [-0.2, -0.15) is 0 Å². The number of hydrogen-bond donors (Lipinski definition) is 2. The second kappa shape index (κ2) is 8.03. The van der Waals surface area contributed by atoms with Gasteiger partial charge in [-0.3, -0.25) is 0 Å². The van der Waals surface area contributed by atoms with Crippen molar-refractivity contribution in [2.24, 2.45) is 0 Å². The average molecular weight is 248 g/mol. The van der Waals surface area contributed by atoms with Gasteiger partial charge in [0.1, 0.15) is 0 Å². The van der Waals surface area contributed by atoms with Gasteiger partial charge < -0.3 is 19.2 Å². The van der Waals surface area contributed by atoms with Crippen LogP contribution in [-0.2, 0) is 0 Å². The van der Waals surface area contributed by atoms with Crippen LogP contribution in [0.2, 0.25) is 0 Å². The molecule has 17 heavy (non-hydrogen) atoms. The summed E-state index contributed by atoms with van der Waals surface area (Å²) in [5.41, 5.74) is 0. The number of aliphatic hydroxyl groups excluding tert-OH is 2. The van der Waals surface area contributed by atoms with Crippen LogP contribution in [0.5, 0.6) is 0 Å². The third kappa shape index (κ3) is 9.53. The van der Waals surface area contributed by atoms with Crippen LogP contribution in [0.4, 0.5) is 0 Å². The zero-order valence-electron chi connectivity index (χ0n) is 12.2. The third-order valence-electron chi connectivity index (χ3n) is 3.37. The van der Waals surface area contributed by atoms with E-state index in [0.29, 0.717) is 13.2 Å². The molecule has 0 saturated carbocycles. The number of nitrogens with zero attached hydrogens (tertiary/aromatic N) is 2. The van der Waals surface area contributed by atoms with Crippen molar-refractivity contribution in [3.05, 3.63) is 0 Å². The maximum atomic E-state index is 8.84. The van der Waals surface area contributed by atoms with Gasteiger partial charge in [-0.1, -0.05) is 0 Å². The Hall–Kier alpha value is -0.160. The first-order chi connectivity index (χ1) is 7.83. The van der Waals surface area contributed by atoms with Gasteiger partial charge in [-0.25, -0.2) is 0 Å². The molecular weight excluding hydrogens is 216 g/mol. The molecule has 2 N–H and O–H groups in total. The van der Waals surface area contributed by atoms with Crippen LogP contribution in [0, 0.1) is 0 Å². The van der Waals surface area contributed by atoms with E-state index in [-0.39, 0.29) is 0 Å². The molecule has 0 aliphatic carbocycles. The lowest BCUT2D eigenvalue weighted by atomic mass is 10.2. The second-order valence-corrected chi connectivity index (χ2v) is 6.27. The molecule has 0 aliphatic rings. The number of hydrogen-bond acceptors (Lipinski definition) is 2. The molecule has 0 rings (SSSR count). The molecule has 0 aromatic carbocycles. The molecule has 0 aromatic heterocycles.